The van der Waals surface area contributed by atoms with Gasteiger partial charge in [-0.3, -0.25) is 0 Å². The molecule has 2 heterocycles. The summed E-state index contributed by atoms with van der Waals surface area (Å²) in [4.78, 5) is 28.9. The van der Waals surface area contributed by atoms with Crippen LogP contribution >= 0.6 is 30.0 Å². The van der Waals surface area contributed by atoms with Crippen molar-refractivity contribution in [1.29, 1.82) is 0 Å². The van der Waals surface area contributed by atoms with E-state index in [0.29, 0.717) is 61.3 Å². The number of alkyl halides is 2. The number of benzene rings is 1. The molecule has 1 amide bonds. The van der Waals surface area contributed by atoms with Gasteiger partial charge in [0.2, 0.25) is 0 Å². The van der Waals surface area contributed by atoms with Crippen LogP contribution in [0.4, 0.5) is 0 Å². The number of hydrogen-bond donors (Lipinski definition) is 1. The monoisotopic (exact) mass is 679 g/mol. The van der Waals surface area contributed by atoms with E-state index in [1.165, 1.54) is 0 Å². The van der Waals surface area contributed by atoms with Gasteiger partial charge in [-0.25, -0.2) is 0 Å². The Kier molecular flexibility index (Phi) is 8.21. The van der Waals surface area contributed by atoms with Gasteiger partial charge in [0.1, 0.15) is 0 Å². The summed E-state index contributed by atoms with van der Waals surface area (Å²) in [5.74, 6) is 0.486. The summed E-state index contributed by atoms with van der Waals surface area (Å²) in [6, 6.07) is 6.56. The Hall–Kier alpha value is -0.820. The molecule has 0 unspecified atom stereocenters. The second-order valence-electron chi connectivity index (χ2n) is 12.1. The van der Waals surface area contributed by atoms with Gasteiger partial charge < -0.3 is 0 Å². The molecule has 11 heteroatoms. The first-order valence-corrected chi connectivity index (χ1v) is 20.5. The van der Waals surface area contributed by atoms with Crippen molar-refractivity contribution in [3.05, 3.63) is 34.2 Å². The van der Waals surface area contributed by atoms with Crippen molar-refractivity contribution in [3.63, 3.8) is 0 Å². The van der Waals surface area contributed by atoms with Crippen LogP contribution in [-0.4, -0.2) is 81.4 Å². The number of aliphatic hydroxyl groups is 1. The van der Waals surface area contributed by atoms with Gasteiger partial charge in [-0.1, -0.05) is 0 Å². The van der Waals surface area contributed by atoms with Gasteiger partial charge in [0, 0.05) is 0 Å². The van der Waals surface area contributed by atoms with Crippen molar-refractivity contribution in [3.8, 4) is 0 Å². The molecular formula is C27H39ClIN3O5S. The summed E-state index contributed by atoms with van der Waals surface area (Å²) >= 11 is 3.33. The molecule has 2 saturated heterocycles. The number of nitroso groups, excluding NO2 is 1. The van der Waals surface area contributed by atoms with E-state index in [1.807, 2.05) is 18.7 Å². The molecule has 3 atom stereocenters. The summed E-state index contributed by atoms with van der Waals surface area (Å²) in [7, 11) is -3.52. The standard InChI is InChI=1S/C27H39ClIN3O5S/c1-26(2,18-30-35)32-13-11-31(12-14-32)25(34)17-27(9-10-27)24-16-21(33)15-23(19-3-4-19)29(24)38(36,37)22-7-5-20(28)6-8-22/h5-8,19,21,23-24,33H,3-4,9-18H2,1-2H3/t21-,23-,24+/m0/s1. The first-order valence-electron chi connectivity index (χ1n) is 13.7. The zero-order valence-corrected chi connectivity index (χ0v) is 25.9. The molecule has 1 aromatic rings. The average Bonchev–Trinajstić information content (AvgIpc) is 3.79. The Balaban J connectivity index is 1.35. The molecule has 212 valence electrons. The minimum atomic E-state index is -3.52. The molecule has 0 radical (unpaired) electrons. The second kappa shape index (κ2) is 10.9. The molecule has 2 aliphatic carbocycles. The number of halogens is 2. The van der Waals surface area contributed by atoms with Crippen molar-refractivity contribution < 1.29 is 18.3 Å². The van der Waals surface area contributed by atoms with E-state index in [4.69, 9.17) is 11.6 Å². The summed E-state index contributed by atoms with van der Waals surface area (Å²) in [5, 5.41) is 14.5. The molecule has 8 nitrogen and oxygen atoms in total. The molecule has 0 aromatic heterocycles. The fourth-order valence-electron chi connectivity index (χ4n) is 6.26. The third-order valence-electron chi connectivity index (χ3n) is 8.98. The van der Waals surface area contributed by atoms with Crippen LogP contribution in [0, 0.1) is 16.2 Å². The van der Waals surface area contributed by atoms with Crippen molar-refractivity contribution in [1.82, 2.24) is 9.80 Å². The minimum absolute atomic E-state index is 0.0680. The molecule has 1 N–H and O–H groups in total. The van der Waals surface area contributed by atoms with E-state index in [1.54, 1.807) is 24.3 Å². The molecule has 0 bridgehead atoms. The molecule has 4 aliphatic rings. The van der Waals surface area contributed by atoms with Crippen LogP contribution in [-0.2, 0) is 11.8 Å². The molecule has 5 rings (SSSR count). The van der Waals surface area contributed by atoms with E-state index >= 15 is 0 Å². The van der Waals surface area contributed by atoms with Crippen LogP contribution in [0.2, 0.25) is 5.02 Å². The molecule has 0 spiro atoms. The molecule has 38 heavy (non-hydrogen) atoms. The summed E-state index contributed by atoms with van der Waals surface area (Å²) in [6.07, 6.45) is 4.74. The number of rotatable bonds is 9. The van der Waals surface area contributed by atoms with E-state index in [9.17, 15) is 23.2 Å². The summed E-state index contributed by atoms with van der Waals surface area (Å²) in [6.45, 7) is 6.80. The van der Waals surface area contributed by atoms with E-state index in [2.05, 4.69) is 10.1 Å². The van der Waals surface area contributed by atoms with Gasteiger partial charge in [0.15, 0.2) is 0 Å². The summed E-state index contributed by atoms with van der Waals surface area (Å²) in [5.41, 5.74) is -0.645. The van der Waals surface area contributed by atoms with Gasteiger partial charge in [-0.2, -0.15) is 0 Å². The Labute approximate surface area is 236 Å². The van der Waals surface area contributed by atoms with E-state index in [0.717, 1.165) is 25.7 Å². The molecular weight excluding hydrogens is 641 g/mol. The first kappa shape index (κ1) is 28.7. The molecule has 1 aromatic carbocycles. The van der Waals surface area contributed by atoms with E-state index < -0.39 is 31.5 Å². The number of amides is 1. The fraction of sp³-hybridized carbons (Fsp3) is 0.741. The van der Waals surface area contributed by atoms with Crippen LogP contribution in [0.15, 0.2) is 34.3 Å². The maximum atomic E-state index is 14.2. The topological polar surface area (TPSA) is 107 Å². The number of piperazine rings is 1. The SMILES string of the molecule is CC(C)(CN=O)N1CCN(C(=O)CC2([C@H]3C[C@@H](O)C[C@@H](C4CC4)I3S(=O)(=O)c3ccc(Cl)cc3)CC2)CC1. The van der Waals surface area contributed by atoms with Crippen molar-refractivity contribution in [2.75, 3.05) is 32.7 Å². The number of nitrogens with zero attached hydrogens (tertiary/aromatic N) is 3. The third kappa shape index (κ3) is 5.80. The van der Waals surface area contributed by atoms with E-state index in [-0.39, 0.29) is 31.3 Å². The Bertz CT molecular complexity index is 1150. The first-order chi connectivity index (χ1) is 18.0. The number of carbonyl (C=O) groups is 1. The predicted molar refractivity (Wildman–Crippen MR) is 157 cm³/mol. The van der Waals surface area contributed by atoms with Crippen molar-refractivity contribution >= 4 is 43.0 Å². The molecule has 4 fully saturated rings. The Morgan fingerprint density at radius 1 is 1.13 bits per heavy atom. The Morgan fingerprint density at radius 2 is 1.76 bits per heavy atom. The van der Waals surface area contributed by atoms with Crippen LogP contribution in [0.5, 0.6) is 0 Å². The van der Waals surface area contributed by atoms with Gasteiger partial charge in [-0.05, 0) is 0 Å². The van der Waals surface area contributed by atoms with Crippen LogP contribution in [0.25, 0.3) is 0 Å². The maximum absolute atomic E-state index is 14.2. The van der Waals surface area contributed by atoms with Gasteiger partial charge in [0.25, 0.3) is 0 Å². The second-order valence-corrected chi connectivity index (χ2v) is 24.6. The molecule has 2 aliphatic heterocycles. The van der Waals surface area contributed by atoms with Gasteiger partial charge >= 0.3 is 238 Å². The Morgan fingerprint density at radius 3 is 2.32 bits per heavy atom. The average molecular weight is 680 g/mol. The van der Waals surface area contributed by atoms with Gasteiger partial charge in [-0.15, -0.1) is 0 Å². The normalized spacial score (nSPS) is 29.2. The quantitative estimate of drug-likeness (QED) is 0.176. The van der Waals surface area contributed by atoms with Crippen LogP contribution in [0.1, 0.15) is 58.8 Å². The van der Waals surface area contributed by atoms with Crippen LogP contribution in [0.3, 0.4) is 0 Å². The zero-order valence-electron chi connectivity index (χ0n) is 22.2. The third-order valence-corrected chi connectivity index (χ3v) is 25.5. The zero-order chi connectivity index (χ0) is 27.3. The predicted octanol–water partition coefficient (Wildman–Crippen LogP) is 4.70. The number of carbonyl (C=O) groups excluding carboxylic acids is 1. The molecule has 2 saturated carbocycles. The summed E-state index contributed by atoms with van der Waals surface area (Å²) < 4.78 is 28.4. The number of hydrogen-bond acceptors (Lipinski definition) is 7. The van der Waals surface area contributed by atoms with Crippen molar-refractivity contribution in [2.45, 2.75) is 83.2 Å². The fourth-order valence-corrected chi connectivity index (χ4v) is 25.7. The van der Waals surface area contributed by atoms with Gasteiger partial charge in [0.05, 0.1) is 0 Å². The number of aliphatic hydroxyl groups excluding tert-OH is 1. The van der Waals surface area contributed by atoms with Crippen LogP contribution < -0.4 is 0 Å². The van der Waals surface area contributed by atoms with Crippen molar-refractivity contribution in [2.24, 2.45) is 16.5 Å².